The normalized spacial score (nSPS) is 20.6. The fraction of sp³-hybridized carbons (Fsp3) is 0.600. The Kier molecular flexibility index (Phi) is 6.26. The first-order valence-electron chi connectivity index (χ1n) is 10.4. The van der Waals surface area contributed by atoms with Crippen LogP contribution in [0.15, 0.2) is 32.3 Å². The van der Waals surface area contributed by atoms with Gasteiger partial charge < -0.3 is 13.9 Å². The number of hydrogen-bond donors (Lipinski definition) is 0. The molecule has 0 N–H and O–H groups in total. The lowest BCUT2D eigenvalue weighted by Gasteiger charge is -2.22. The summed E-state index contributed by atoms with van der Waals surface area (Å²) in [4.78, 5) is 24.4. The first-order chi connectivity index (χ1) is 14.4. The van der Waals surface area contributed by atoms with Crippen molar-refractivity contribution in [1.29, 1.82) is 0 Å². The van der Waals surface area contributed by atoms with Gasteiger partial charge in [0.2, 0.25) is 10.0 Å². The lowest BCUT2D eigenvalue weighted by Crippen LogP contribution is -2.27. The Morgan fingerprint density at radius 2 is 1.97 bits per heavy atom. The third kappa shape index (κ3) is 4.45. The van der Waals surface area contributed by atoms with Crippen LogP contribution in [0.1, 0.15) is 38.5 Å². The molecule has 9 nitrogen and oxygen atoms in total. The minimum absolute atomic E-state index is 0.00902. The number of nitrogens with zero attached hydrogens (tertiary/aromatic N) is 2. The molecule has 164 valence electrons. The maximum absolute atomic E-state index is 12.7. The van der Waals surface area contributed by atoms with Crippen molar-refractivity contribution in [3.05, 3.63) is 28.7 Å². The number of benzene rings is 1. The Balaban J connectivity index is 1.42. The summed E-state index contributed by atoms with van der Waals surface area (Å²) in [5, 5.41) is 0. The van der Waals surface area contributed by atoms with Crippen molar-refractivity contribution in [3.63, 3.8) is 0 Å². The Hall–Kier alpha value is -2.17. The average molecular weight is 439 g/mol. The summed E-state index contributed by atoms with van der Waals surface area (Å²) in [6.07, 6.45) is 4.61. The van der Waals surface area contributed by atoms with E-state index < -0.39 is 21.7 Å². The zero-order valence-corrected chi connectivity index (χ0v) is 17.6. The average Bonchev–Trinajstić information content (AvgIpc) is 3.39. The van der Waals surface area contributed by atoms with Crippen molar-refractivity contribution in [3.8, 4) is 0 Å². The molecule has 2 saturated heterocycles. The molecular weight excluding hydrogens is 412 g/mol. The van der Waals surface area contributed by atoms with Crippen molar-refractivity contribution < 1.29 is 27.1 Å². The number of aromatic nitrogens is 1. The summed E-state index contributed by atoms with van der Waals surface area (Å²) in [5.74, 6) is -1.05. The largest absolute Gasteiger partial charge is 0.463 e. The van der Waals surface area contributed by atoms with E-state index in [0.717, 1.165) is 32.1 Å². The van der Waals surface area contributed by atoms with Gasteiger partial charge in [-0.15, -0.1) is 0 Å². The summed E-state index contributed by atoms with van der Waals surface area (Å²) >= 11 is 0. The van der Waals surface area contributed by atoms with Gasteiger partial charge in [-0.25, -0.2) is 13.2 Å². The van der Waals surface area contributed by atoms with E-state index in [1.807, 2.05) is 0 Å². The van der Waals surface area contributed by atoms with Crippen LogP contribution in [0.4, 0.5) is 0 Å². The summed E-state index contributed by atoms with van der Waals surface area (Å²) in [6, 6.07) is 4.39. The fourth-order valence-electron chi connectivity index (χ4n) is 3.90. The zero-order chi connectivity index (χ0) is 21.1. The van der Waals surface area contributed by atoms with Crippen molar-refractivity contribution in [2.75, 3.05) is 26.3 Å². The number of fused-ring (bicyclic) bond motifs is 1. The predicted octanol–water partition coefficient (Wildman–Crippen LogP) is 1.88. The topological polar surface area (TPSA) is 108 Å². The van der Waals surface area contributed by atoms with Crippen molar-refractivity contribution in [1.82, 2.24) is 8.87 Å². The standard InChI is InChI=1S/C20H26N2O7S/c23-19(28-14-15-5-1-4-12-27-15)8-11-22-17-7-6-16(13-18(17)29-20(22)24)30(25,26)21-9-2-3-10-21/h6-7,13,15H,1-5,8-12,14H2. The first-order valence-corrected chi connectivity index (χ1v) is 11.8. The smallest absolute Gasteiger partial charge is 0.419 e. The van der Waals surface area contributed by atoms with E-state index in [9.17, 15) is 18.0 Å². The molecule has 1 aromatic heterocycles. The van der Waals surface area contributed by atoms with Gasteiger partial charge in [0, 0.05) is 32.3 Å². The van der Waals surface area contributed by atoms with E-state index in [0.29, 0.717) is 25.2 Å². The maximum Gasteiger partial charge on any atom is 0.419 e. The molecule has 0 bridgehead atoms. The second-order valence-corrected chi connectivity index (χ2v) is 9.62. The molecule has 30 heavy (non-hydrogen) atoms. The van der Waals surface area contributed by atoms with Crippen molar-refractivity contribution >= 4 is 27.1 Å². The van der Waals surface area contributed by atoms with Gasteiger partial charge in [-0.05, 0) is 44.2 Å². The quantitative estimate of drug-likeness (QED) is 0.607. The van der Waals surface area contributed by atoms with Gasteiger partial charge in [0.1, 0.15) is 6.61 Å². The molecule has 3 heterocycles. The Bertz CT molecular complexity index is 1060. The molecule has 0 amide bonds. The summed E-state index contributed by atoms with van der Waals surface area (Å²) in [6.45, 7) is 2.00. The highest BCUT2D eigenvalue weighted by Crippen LogP contribution is 2.24. The van der Waals surface area contributed by atoms with Crippen molar-refractivity contribution in [2.45, 2.75) is 56.1 Å². The molecular formula is C20H26N2O7S. The first kappa shape index (κ1) is 21.1. The lowest BCUT2D eigenvalue weighted by molar-refractivity contribution is -0.149. The van der Waals surface area contributed by atoms with E-state index in [4.69, 9.17) is 13.9 Å². The molecule has 10 heteroatoms. The molecule has 1 unspecified atom stereocenters. The van der Waals surface area contributed by atoms with Crippen LogP contribution < -0.4 is 5.76 Å². The lowest BCUT2D eigenvalue weighted by atomic mass is 10.1. The van der Waals surface area contributed by atoms with E-state index in [1.165, 1.54) is 21.0 Å². The van der Waals surface area contributed by atoms with Gasteiger partial charge in [-0.1, -0.05) is 0 Å². The van der Waals surface area contributed by atoms with Gasteiger partial charge in [0.05, 0.1) is 22.9 Å². The highest BCUT2D eigenvalue weighted by Gasteiger charge is 2.28. The SMILES string of the molecule is O=C(CCn1c(=O)oc2cc(S(=O)(=O)N3CCCC3)ccc21)OCC1CCCCO1. The van der Waals surface area contributed by atoms with E-state index >= 15 is 0 Å². The van der Waals surface area contributed by atoms with Gasteiger partial charge >= 0.3 is 11.7 Å². The predicted molar refractivity (Wildman–Crippen MR) is 108 cm³/mol. The van der Waals surface area contributed by atoms with E-state index in [-0.39, 0.29) is 36.2 Å². The maximum atomic E-state index is 12.7. The number of oxazole rings is 1. The van der Waals surface area contributed by atoms with E-state index in [1.54, 1.807) is 6.07 Å². The number of carbonyl (C=O) groups is 1. The fourth-order valence-corrected chi connectivity index (χ4v) is 5.43. The second kappa shape index (κ2) is 8.91. The Morgan fingerprint density at radius 1 is 1.17 bits per heavy atom. The highest BCUT2D eigenvalue weighted by molar-refractivity contribution is 7.89. The van der Waals surface area contributed by atoms with Gasteiger partial charge in [-0.2, -0.15) is 4.31 Å². The number of carbonyl (C=O) groups excluding carboxylic acids is 1. The highest BCUT2D eigenvalue weighted by atomic mass is 32.2. The monoisotopic (exact) mass is 438 g/mol. The van der Waals surface area contributed by atoms with Crippen LogP contribution in [-0.2, 0) is 30.8 Å². The molecule has 2 aliphatic heterocycles. The molecule has 0 saturated carbocycles. The van der Waals surface area contributed by atoms with Crippen LogP contribution in [0, 0.1) is 0 Å². The molecule has 2 fully saturated rings. The number of aryl methyl sites for hydroxylation is 1. The summed E-state index contributed by atoms with van der Waals surface area (Å²) in [5.41, 5.74) is 0.632. The van der Waals surface area contributed by atoms with Gasteiger partial charge in [-0.3, -0.25) is 9.36 Å². The Morgan fingerprint density at radius 3 is 2.70 bits per heavy atom. The number of hydrogen-bond acceptors (Lipinski definition) is 7. The van der Waals surface area contributed by atoms with Crippen LogP contribution in [0.5, 0.6) is 0 Å². The third-order valence-electron chi connectivity index (χ3n) is 5.59. The molecule has 0 radical (unpaired) electrons. The molecule has 2 aliphatic rings. The van der Waals surface area contributed by atoms with E-state index in [2.05, 4.69) is 0 Å². The van der Waals surface area contributed by atoms with Crippen LogP contribution in [0.3, 0.4) is 0 Å². The van der Waals surface area contributed by atoms with Crippen molar-refractivity contribution in [2.24, 2.45) is 0 Å². The van der Waals surface area contributed by atoms with Crippen LogP contribution >= 0.6 is 0 Å². The second-order valence-electron chi connectivity index (χ2n) is 7.68. The molecule has 0 spiro atoms. The molecule has 1 atom stereocenters. The summed E-state index contributed by atoms with van der Waals surface area (Å²) < 4.78 is 44.2. The van der Waals surface area contributed by atoms with Crippen LogP contribution in [0.25, 0.3) is 11.1 Å². The van der Waals surface area contributed by atoms with Gasteiger partial charge in [0.15, 0.2) is 5.58 Å². The third-order valence-corrected chi connectivity index (χ3v) is 7.48. The minimum atomic E-state index is -3.60. The molecule has 0 aliphatic carbocycles. The number of sulfonamides is 1. The molecule has 2 aromatic rings. The number of esters is 1. The Labute approximate surface area is 174 Å². The number of ether oxygens (including phenoxy) is 2. The van der Waals surface area contributed by atoms with Crippen LogP contribution in [-0.4, -0.2) is 55.7 Å². The van der Waals surface area contributed by atoms with Crippen LogP contribution in [0.2, 0.25) is 0 Å². The zero-order valence-electron chi connectivity index (χ0n) is 16.7. The number of rotatable bonds is 7. The van der Waals surface area contributed by atoms with Gasteiger partial charge in [0.25, 0.3) is 0 Å². The summed E-state index contributed by atoms with van der Waals surface area (Å²) in [7, 11) is -3.60. The molecule has 4 rings (SSSR count). The molecule has 1 aromatic carbocycles. The minimum Gasteiger partial charge on any atom is -0.463 e.